The first kappa shape index (κ1) is 18.1. The lowest BCUT2D eigenvalue weighted by Gasteiger charge is -2.18. The first-order valence-electron chi connectivity index (χ1n) is 6.91. The maximum atomic E-state index is 5.68. The molecule has 0 radical (unpaired) electrons. The smallest absolute Gasteiger partial charge is 0.0777 e. The molecule has 0 aromatic heterocycles. The van der Waals surface area contributed by atoms with Crippen LogP contribution in [0.5, 0.6) is 0 Å². The van der Waals surface area contributed by atoms with Gasteiger partial charge in [-0.15, -0.1) is 0 Å². The van der Waals surface area contributed by atoms with E-state index >= 15 is 0 Å². The Labute approximate surface area is 123 Å². The average Bonchev–Trinajstić information content (AvgIpc) is 2.42. The zero-order valence-corrected chi connectivity index (χ0v) is 13.7. The van der Waals surface area contributed by atoms with Crippen molar-refractivity contribution in [3.63, 3.8) is 0 Å². The molecule has 19 heavy (non-hydrogen) atoms. The number of thiocarbonyl (C=S) groups is 1. The Morgan fingerprint density at radius 1 is 1.21 bits per heavy atom. The average molecular weight is 281 g/mol. The maximum absolute atomic E-state index is 5.68. The van der Waals surface area contributed by atoms with Crippen molar-refractivity contribution < 1.29 is 4.74 Å². The third-order valence-corrected chi connectivity index (χ3v) is 3.07. The summed E-state index contributed by atoms with van der Waals surface area (Å²) >= 11 is 5.27. The zero-order chi connectivity index (χ0) is 14.7. The second-order valence-corrected chi connectivity index (χ2v) is 5.07. The Balaban J connectivity index is 0.00000154. The molecular weight excluding hydrogens is 254 g/mol. The molecule has 0 aliphatic heterocycles. The monoisotopic (exact) mass is 281 g/mol. The van der Waals surface area contributed by atoms with Gasteiger partial charge in [-0.1, -0.05) is 63.3 Å². The van der Waals surface area contributed by atoms with Crippen molar-refractivity contribution in [2.75, 3.05) is 20.7 Å². The lowest BCUT2D eigenvalue weighted by atomic mass is 10.1. The summed E-state index contributed by atoms with van der Waals surface area (Å²) in [5.41, 5.74) is 1.22. The minimum Gasteiger partial charge on any atom is -0.376 e. The molecule has 0 saturated carbocycles. The summed E-state index contributed by atoms with van der Waals surface area (Å²) in [6.45, 7) is 7.60. The number of nitrogens with zero attached hydrogens (tertiary/aromatic N) is 1. The van der Waals surface area contributed by atoms with Crippen LogP contribution in [-0.4, -0.2) is 30.6 Å². The van der Waals surface area contributed by atoms with E-state index in [2.05, 4.69) is 19.1 Å². The third kappa shape index (κ3) is 8.73. The van der Waals surface area contributed by atoms with Gasteiger partial charge in [-0.05, 0) is 11.5 Å². The van der Waals surface area contributed by atoms with Crippen LogP contribution in [0.2, 0.25) is 0 Å². The van der Waals surface area contributed by atoms with E-state index in [1.807, 2.05) is 51.0 Å². The second-order valence-electron chi connectivity index (χ2n) is 4.60. The summed E-state index contributed by atoms with van der Waals surface area (Å²) in [4.78, 5) is 2.98. The lowest BCUT2D eigenvalue weighted by molar-refractivity contribution is 0.0936. The van der Waals surface area contributed by atoms with Crippen molar-refractivity contribution in [1.82, 2.24) is 4.90 Å². The van der Waals surface area contributed by atoms with Gasteiger partial charge in [-0.2, -0.15) is 0 Å². The predicted molar refractivity (Wildman–Crippen MR) is 87.5 cm³/mol. The summed E-state index contributed by atoms with van der Waals surface area (Å²) < 4.78 is 5.68. The van der Waals surface area contributed by atoms with Crippen LogP contribution in [-0.2, 0) is 11.3 Å². The van der Waals surface area contributed by atoms with E-state index in [0.29, 0.717) is 12.5 Å². The van der Waals surface area contributed by atoms with Crippen LogP contribution < -0.4 is 0 Å². The lowest BCUT2D eigenvalue weighted by Crippen LogP contribution is -2.23. The van der Waals surface area contributed by atoms with Gasteiger partial charge in [0.1, 0.15) is 0 Å². The molecule has 0 aliphatic carbocycles. The van der Waals surface area contributed by atoms with Gasteiger partial charge >= 0.3 is 0 Å². The molecule has 0 bridgehead atoms. The normalized spacial score (nSPS) is 11.2. The first-order chi connectivity index (χ1) is 9.09. The molecule has 0 heterocycles. The van der Waals surface area contributed by atoms with Crippen LogP contribution in [0.3, 0.4) is 0 Å². The highest BCUT2D eigenvalue weighted by Crippen LogP contribution is 2.08. The van der Waals surface area contributed by atoms with Gasteiger partial charge in [0, 0.05) is 27.1 Å². The minimum atomic E-state index is 0.466. The van der Waals surface area contributed by atoms with E-state index < -0.39 is 0 Å². The summed E-state index contributed by atoms with van der Waals surface area (Å²) in [6, 6.07) is 10.2. The fourth-order valence-electron chi connectivity index (χ4n) is 1.49. The van der Waals surface area contributed by atoms with Crippen molar-refractivity contribution in [1.29, 1.82) is 0 Å². The summed E-state index contributed by atoms with van der Waals surface area (Å²) in [6.07, 6.45) is 0.914. The van der Waals surface area contributed by atoms with Crippen molar-refractivity contribution in [3.05, 3.63) is 35.9 Å². The fourth-order valence-corrected chi connectivity index (χ4v) is 1.78. The molecule has 1 aromatic carbocycles. The van der Waals surface area contributed by atoms with Crippen LogP contribution >= 0.6 is 12.2 Å². The first-order valence-corrected chi connectivity index (χ1v) is 7.32. The number of rotatable bonds is 6. The van der Waals surface area contributed by atoms with E-state index in [0.717, 1.165) is 18.0 Å². The predicted octanol–water partition coefficient (Wildman–Crippen LogP) is 4.14. The number of benzene rings is 1. The summed E-state index contributed by atoms with van der Waals surface area (Å²) in [5.74, 6) is 0.466. The zero-order valence-electron chi connectivity index (χ0n) is 12.8. The second kappa shape index (κ2) is 10.9. The molecule has 3 heteroatoms. The number of hydrogen-bond acceptors (Lipinski definition) is 2. The number of ether oxygens (including phenoxy) is 1. The summed E-state index contributed by atoms with van der Waals surface area (Å²) in [7, 11) is 3.97. The van der Waals surface area contributed by atoms with Gasteiger partial charge < -0.3 is 9.64 Å². The standard InChI is InChI=1S/C14H21NOS.C2H6/c1-12(9-14(17)15(2)3)10-16-11-13-7-5-4-6-8-13;1-2/h4-8,12H,9-11H2,1-3H3;1-2H3. The van der Waals surface area contributed by atoms with Crippen LogP contribution in [0, 0.1) is 5.92 Å². The van der Waals surface area contributed by atoms with Crippen LogP contribution in [0.4, 0.5) is 0 Å². The summed E-state index contributed by atoms with van der Waals surface area (Å²) in [5, 5.41) is 0. The van der Waals surface area contributed by atoms with E-state index in [4.69, 9.17) is 17.0 Å². The van der Waals surface area contributed by atoms with Gasteiger partial charge in [0.2, 0.25) is 0 Å². The minimum absolute atomic E-state index is 0.466. The Morgan fingerprint density at radius 2 is 1.79 bits per heavy atom. The van der Waals surface area contributed by atoms with Crippen molar-refractivity contribution in [2.45, 2.75) is 33.8 Å². The molecule has 0 saturated heterocycles. The van der Waals surface area contributed by atoms with Crippen LogP contribution in [0.15, 0.2) is 30.3 Å². The van der Waals surface area contributed by atoms with E-state index in [-0.39, 0.29) is 0 Å². The topological polar surface area (TPSA) is 12.5 Å². The van der Waals surface area contributed by atoms with Gasteiger partial charge in [-0.3, -0.25) is 0 Å². The van der Waals surface area contributed by atoms with Crippen LogP contribution in [0.25, 0.3) is 0 Å². The molecule has 0 amide bonds. The van der Waals surface area contributed by atoms with E-state index in [1.165, 1.54) is 5.56 Å². The van der Waals surface area contributed by atoms with Gasteiger partial charge in [-0.25, -0.2) is 0 Å². The van der Waals surface area contributed by atoms with Gasteiger partial charge in [0.05, 0.1) is 11.6 Å². The van der Waals surface area contributed by atoms with Crippen molar-refractivity contribution in [2.24, 2.45) is 5.92 Å². The molecule has 1 unspecified atom stereocenters. The highest BCUT2D eigenvalue weighted by molar-refractivity contribution is 7.80. The highest BCUT2D eigenvalue weighted by Gasteiger charge is 2.07. The van der Waals surface area contributed by atoms with Crippen LogP contribution in [0.1, 0.15) is 32.8 Å². The molecule has 1 aromatic rings. The third-order valence-electron chi connectivity index (χ3n) is 2.54. The molecule has 0 fully saturated rings. The quantitative estimate of drug-likeness (QED) is 0.727. The highest BCUT2D eigenvalue weighted by atomic mass is 32.1. The molecular formula is C16H27NOS. The van der Waals surface area contributed by atoms with Crippen molar-refractivity contribution in [3.8, 4) is 0 Å². The molecule has 0 N–H and O–H groups in total. The number of hydrogen-bond donors (Lipinski definition) is 0. The molecule has 1 rings (SSSR count). The molecule has 2 nitrogen and oxygen atoms in total. The SMILES string of the molecule is CC.CC(COCc1ccccc1)CC(=S)N(C)C. The largest absolute Gasteiger partial charge is 0.376 e. The molecule has 0 aliphatic rings. The fraction of sp³-hybridized carbons (Fsp3) is 0.562. The molecule has 1 atom stereocenters. The maximum Gasteiger partial charge on any atom is 0.0777 e. The molecule has 108 valence electrons. The van der Waals surface area contributed by atoms with Crippen molar-refractivity contribution >= 4 is 17.2 Å². The van der Waals surface area contributed by atoms with Gasteiger partial charge in [0.25, 0.3) is 0 Å². The van der Waals surface area contributed by atoms with E-state index in [9.17, 15) is 0 Å². The Kier molecular flexibility index (Phi) is 10.4. The molecule has 0 spiro atoms. The Hall–Kier alpha value is -0.930. The van der Waals surface area contributed by atoms with E-state index in [1.54, 1.807) is 0 Å². The Morgan fingerprint density at radius 3 is 2.32 bits per heavy atom. The Bertz CT molecular complexity index is 338. The van der Waals surface area contributed by atoms with Gasteiger partial charge in [0.15, 0.2) is 0 Å².